The van der Waals surface area contributed by atoms with E-state index in [-0.39, 0.29) is 5.41 Å². The highest BCUT2D eigenvalue weighted by Crippen LogP contribution is 2.43. The highest BCUT2D eigenvalue weighted by atomic mass is 16.5. The van der Waals surface area contributed by atoms with Crippen LogP contribution in [0.4, 0.5) is 0 Å². The quantitative estimate of drug-likeness (QED) is 0.518. The van der Waals surface area contributed by atoms with E-state index in [9.17, 15) is 9.59 Å². The summed E-state index contributed by atoms with van der Waals surface area (Å²) in [5.41, 5.74) is 2.63. The molecular weight excluding hydrogens is 474 g/mol. The molecule has 6 heteroatoms. The number of carbonyl (C=O) groups excluding carboxylic acids is 2. The van der Waals surface area contributed by atoms with E-state index in [2.05, 4.69) is 57.2 Å². The van der Waals surface area contributed by atoms with Gasteiger partial charge in [-0.15, -0.1) is 0 Å². The van der Waals surface area contributed by atoms with Crippen LogP contribution < -0.4 is 4.74 Å². The summed E-state index contributed by atoms with van der Waals surface area (Å²) in [5, 5.41) is 0. The molecule has 0 aromatic heterocycles. The van der Waals surface area contributed by atoms with Crippen LogP contribution in [0.5, 0.6) is 5.75 Å². The predicted molar refractivity (Wildman–Crippen MR) is 148 cm³/mol. The SMILES string of the molecule is COc1ccc(CN2CC3(CCN(CC4CN(C(=O)CC5CC5)CC4c4ccccc4)CC3)CC2=O)cc1. The molecule has 2 amide bonds. The van der Waals surface area contributed by atoms with Crippen LogP contribution in [0.25, 0.3) is 0 Å². The summed E-state index contributed by atoms with van der Waals surface area (Å²) < 4.78 is 5.27. The van der Waals surface area contributed by atoms with E-state index in [1.54, 1.807) is 7.11 Å². The van der Waals surface area contributed by atoms with E-state index in [1.807, 2.05) is 12.1 Å². The Morgan fingerprint density at radius 2 is 1.74 bits per heavy atom. The highest BCUT2D eigenvalue weighted by Gasteiger charge is 2.46. The second-order valence-corrected chi connectivity index (χ2v) is 12.3. The van der Waals surface area contributed by atoms with Gasteiger partial charge in [-0.1, -0.05) is 42.5 Å². The fourth-order valence-electron chi connectivity index (χ4n) is 6.99. The van der Waals surface area contributed by atoms with Gasteiger partial charge in [0.2, 0.25) is 11.8 Å². The molecule has 2 atom stereocenters. The van der Waals surface area contributed by atoms with Crippen LogP contribution in [0.15, 0.2) is 54.6 Å². The second-order valence-electron chi connectivity index (χ2n) is 12.3. The van der Waals surface area contributed by atoms with Crippen LogP contribution in [-0.2, 0) is 16.1 Å². The lowest BCUT2D eigenvalue weighted by Gasteiger charge is -2.40. The monoisotopic (exact) mass is 515 g/mol. The lowest BCUT2D eigenvalue weighted by Crippen LogP contribution is -2.44. The molecule has 0 bridgehead atoms. The molecular formula is C32H41N3O3. The van der Waals surface area contributed by atoms with Crippen molar-refractivity contribution < 1.29 is 14.3 Å². The summed E-state index contributed by atoms with van der Waals surface area (Å²) in [5.74, 6) is 2.99. The number of methoxy groups -OCH3 is 1. The third-order valence-electron chi connectivity index (χ3n) is 9.53. The van der Waals surface area contributed by atoms with Crippen LogP contribution >= 0.6 is 0 Å². The Bertz CT molecular complexity index is 1120. The van der Waals surface area contributed by atoms with Crippen molar-refractivity contribution in [3.8, 4) is 5.75 Å². The van der Waals surface area contributed by atoms with Crippen LogP contribution in [0.2, 0.25) is 0 Å². The van der Waals surface area contributed by atoms with Crippen molar-refractivity contribution in [2.45, 2.75) is 51.0 Å². The van der Waals surface area contributed by atoms with Crippen molar-refractivity contribution in [2.75, 3.05) is 46.4 Å². The van der Waals surface area contributed by atoms with E-state index < -0.39 is 0 Å². The average molecular weight is 516 g/mol. The fourth-order valence-corrected chi connectivity index (χ4v) is 6.99. The summed E-state index contributed by atoms with van der Waals surface area (Å²) >= 11 is 0. The molecule has 4 fully saturated rings. The zero-order valence-corrected chi connectivity index (χ0v) is 22.7. The van der Waals surface area contributed by atoms with Crippen LogP contribution in [-0.4, -0.2) is 72.9 Å². The number of benzene rings is 2. The molecule has 1 spiro atoms. The van der Waals surface area contributed by atoms with Crippen molar-refractivity contribution in [1.82, 2.24) is 14.7 Å². The maximum absolute atomic E-state index is 13.0. The van der Waals surface area contributed by atoms with Gasteiger partial charge in [-0.25, -0.2) is 0 Å². The maximum Gasteiger partial charge on any atom is 0.223 e. The largest absolute Gasteiger partial charge is 0.497 e. The number of rotatable bonds is 8. The van der Waals surface area contributed by atoms with Crippen molar-refractivity contribution >= 4 is 11.8 Å². The Balaban J connectivity index is 1.06. The minimum Gasteiger partial charge on any atom is -0.497 e. The molecule has 38 heavy (non-hydrogen) atoms. The fraction of sp³-hybridized carbons (Fsp3) is 0.562. The molecule has 2 unspecified atom stereocenters. The van der Waals surface area contributed by atoms with Gasteiger partial charge in [-0.2, -0.15) is 0 Å². The molecule has 3 heterocycles. The van der Waals surface area contributed by atoms with Crippen LogP contribution in [0.1, 0.15) is 55.6 Å². The Labute approximate surface area is 226 Å². The molecule has 3 aliphatic heterocycles. The van der Waals surface area contributed by atoms with Gasteiger partial charge in [-0.05, 0) is 79.3 Å². The molecule has 4 aliphatic rings. The third-order valence-corrected chi connectivity index (χ3v) is 9.53. The summed E-state index contributed by atoms with van der Waals surface area (Å²) in [6, 6.07) is 18.9. The van der Waals surface area contributed by atoms with E-state index in [4.69, 9.17) is 4.74 Å². The zero-order valence-electron chi connectivity index (χ0n) is 22.7. The molecule has 2 aromatic carbocycles. The maximum atomic E-state index is 13.0. The van der Waals surface area contributed by atoms with Gasteiger partial charge in [0.15, 0.2) is 0 Å². The number of amides is 2. The van der Waals surface area contributed by atoms with E-state index >= 15 is 0 Å². The molecule has 1 aliphatic carbocycles. The molecule has 1 saturated carbocycles. The Kier molecular flexibility index (Phi) is 7.17. The number of hydrogen-bond donors (Lipinski definition) is 0. The molecule has 3 saturated heterocycles. The van der Waals surface area contributed by atoms with Gasteiger partial charge in [0.1, 0.15) is 5.75 Å². The minimum absolute atomic E-state index is 0.112. The first-order chi connectivity index (χ1) is 18.5. The van der Waals surface area contributed by atoms with Crippen molar-refractivity contribution in [1.29, 1.82) is 0 Å². The first kappa shape index (κ1) is 25.4. The van der Waals surface area contributed by atoms with E-state index in [1.165, 1.54) is 18.4 Å². The van der Waals surface area contributed by atoms with Crippen molar-refractivity contribution in [3.63, 3.8) is 0 Å². The van der Waals surface area contributed by atoms with Crippen LogP contribution in [0.3, 0.4) is 0 Å². The zero-order chi connectivity index (χ0) is 26.1. The van der Waals surface area contributed by atoms with Crippen molar-refractivity contribution in [2.24, 2.45) is 17.3 Å². The van der Waals surface area contributed by atoms with E-state index in [0.29, 0.717) is 42.5 Å². The summed E-state index contributed by atoms with van der Waals surface area (Å²) in [6.45, 7) is 6.39. The topological polar surface area (TPSA) is 53.1 Å². The van der Waals surface area contributed by atoms with Gasteiger partial charge >= 0.3 is 0 Å². The van der Waals surface area contributed by atoms with Crippen molar-refractivity contribution in [3.05, 3.63) is 65.7 Å². The summed E-state index contributed by atoms with van der Waals surface area (Å²) in [7, 11) is 1.67. The lowest BCUT2D eigenvalue weighted by atomic mass is 9.77. The van der Waals surface area contributed by atoms with Gasteiger partial charge < -0.3 is 19.4 Å². The number of carbonyl (C=O) groups is 2. The summed E-state index contributed by atoms with van der Waals surface area (Å²) in [4.78, 5) is 32.8. The molecule has 2 aromatic rings. The lowest BCUT2D eigenvalue weighted by molar-refractivity contribution is -0.130. The number of likely N-dealkylation sites (tertiary alicyclic amines) is 3. The first-order valence-electron chi connectivity index (χ1n) is 14.5. The first-order valence-corrected chi connectivity index (χ1v) is 14.5. The Morgan fingerprint density at radius 1 is 1.00 bits per heavy atom. The van der Waals surface area contributed by atoms with E-state index in [0.717, 1.165) is 69.8 Å². The number of hydrogen-bond acceptors (Lipinski definition) is 4. The minimum atomic E-state index is 0.112. The summed E-state index contributed by atoms with van der Waals surface area (Å²) in [6.07, 6.45) is 6.01. The molecule has 202 valence electrons. The van der Waals surface area contributed by atoms with Gasteiger partial charge in [-0.3, -0.25) is 9.59 Å². The Hall–Kier alpha value is -2.86. The highest BCUT2D eigenvalue weighted by molar-refractivity contribution is 5.79. The Morgan fingerprint density at radius 3 is 2.42 bits per heavy atom. The molecule has 6 nitrogen and oxygen atoms in total. The second kappa shape index (κ2) is 10.7. The van der Waals surface area contributed by atoms with Gasteiger partial charge in [0, 0.05) is 51.5 Å². The number of nitrogens with zero attached hydrogens (tertiary/aromatic N) is 3. The van der Waals surface area contributed by atoms with Crippen LogP contribution in [0, 0.1) is 17.3 Å². The van der Waals surface area contributed by atoms with Gasteiger partial charge in [0.05, 0.1) is 7.11 Å². The molecule has 6 rings (SSSR count). The molecule has 0 N–H and O–H groups in total. The average Bonchev–Trinajstić information content (AvgIpc) is 3.57. The third kappa shape index (κ3) is 5.61. The van der Waals surface area contributed by atoms with Gasteiger partial charge in [0.25, 0.3) is 0 Å². The predicted octanol–water partition coefficient (Wildman–Crippen LogP) is 4.55. The smallest absolute Gasteiger partial charge is 0.223 e. The number of piperidine rings is 1. The molecule has 0 radical (unpaired) electrons. The standard InChI is InChI=1S/C32H41N3O3/c1-38-28-11-9-25(10-12-28)19-35-23-32(18-31(35)37)13-15-33(16-14-32)20-27-21-34(30(36)17-24-7-8-24)22-29(27)26-5-3-2-4-6-26/h2-6,9-12,24,27,29H,7-8,13-23H2,1H3. The number of ether oxygens (including phenoxy) is 1. The normalized spacial score (nSPS) is 25.3.